The molecule has 0 unspecified atom stereocenters. The lowest BCUT2D eigenvalue weighted by molar-refractivity contribution is 0.431. The van der Waals surface area contributed by atoms with E-state index in [-0.39, 0.29) is 5.75 Å². The van der Waals surface area contributed by atoms with Gasteiger partial charge in [0.25, 0.3) is 5.22 Å². The quantitative estimate of drug-likeness (QED) is 0.593. The molecule has 1 heterocycles. The van der Waals surface area contributed by atoms with Crippen LogP contribution < -0.4 is 5.32 Å². The van der Waals surface area contributed by atoms with Gasteiger partial charge in [-0.1, -0.05) is 11.8 Å². The Kier molecular flexibility index (Phi) is 5.48. The molecular formula is C10H18N2O3S2. The summed E-state index contributed by atoms with van der Waals surface area (Å²) in [7, 11) is -2.87. The van der Waals surface area contributed by atoms with Crippen LogP contribution in [0.1, 0.15) is 11.5 Å². The smallest absolute Gasteiger partial charge is 0.256 e. The van der Waals surface area contributed by atoms with Crippen LogP contribution in [0.25, 0.3) is 0 Å². The van der Waals surface area contributed by atoms with E-state index >= 15 is 0 Å². The predicted molar refractivity (Wildman–Crippen MR) is 69.3 cm³/mol. The molecule has 0 saturated carbocycles. The van der Waals surface area contributed by atoms with Crippen molar-refractivity contribution in [2.24, 2.45) is 0 Å². The van der Waals surface area contributed by atoms with Gasteiger partial charge in [-0.2, -0.15) is 0 Å². The zero-order chi connectivity index (χ0) is 12.9. The van der Waals surface area contributed by atoms with Gasteiger partial charge in [-0.3, -0.25) is 0 Å². The largest absolute Gasteiger partial charge is 0.437 e. The molecule has 5 nitrogen and oxygen atoms in total. The summed E-state index contributed by atoms with van der Waals surface area (Å²) in [5.74, 6) is 1.83. The van der Waals surface area contributed by atoms with Crippen LogP contribution in [0.2, 0.25) is 0 Å². The summed E-state index contributed by atoms with van der Waals surface area (Å²) in [6.45, 7) is 5.02. The Morgan fingerprint density at radius 1 is 1.35 bits per heavy atom. The number of hydrogen-bond donors (Lipinski definition) is 1. The molecule has 0 aliphatic heterocycles. The second-order valence-corrected chi connectivity index (χ2v) is 7.16. The highest BCUT2D eigenvalue weighted by Gasteiger charge is 2.05. The Morgan fingerprint density at radius 2 is 2.06 bits per heavy atom. The molecule has 0 amide bonds. The van der Waals surface area contributed by atoms with E-state index in [0.29, 0.717) is 11.8 Å². The molecule has 0 aliphatic rings. The van der Waals surface area contributed by atoms with Gasteiger partial charge in [-0.05, 0) is 13.8 Å². The highest BCUT2D eigenvalue weighted by Crippen LogP contribution is 2.19. The summed E-state index contributed by atoms with van der Waals surface area (Å²) in [4.78, 5) is 4.24. The van der Waals surface area contributed by atoms with Crippen molar-refractivity contribution in [3.8, 4) is 0 Å². The normalized spacial score (nSPS) is 11.9. The number of aromatic nitrogens is 1. The van der Waals surface area contributed by atoms with E-state index in [1.165, 1.54) is 18.0 Å². The second kappa shape index (κ2) is 6.42. The van der Waals surface area contributed by atoms with Gasteiger partial charge in [-0.15, -0.1) is 0 Å². The van der Waals surface area contributed by atoms with Crippen molar-refractivity contribution >= 4 is 21.6 Å². The number of nitrogens with one attached hydrogen (secondary N) is 1. The molecule has 98 valence electrons. The van der Waals surface area contributed by atoms with E-state index < -0.39 is 9.84 Å². The molecule has 0 saturated heterocycles. The number of hydrogen-bond acceptors (Lipinski definition) is 6. The summed E-state index contributed by atoms with van der Waals surface area (Å²) >= 11 is 1.52. The van der Waals surface area contributed by atoms with Crippen molar-refractivity contribution in [3.05, 3.63) is 11.5 Å². The Morgan fingerprint density at radius 3 is 2.59 bits per heavy atom. The molecule has 7 heteroatoms. The van der Waals surface area contributed by atoms with E-state index in [4.69, 9.17) is 4.42 Å². The number of rotatable bonds is 7. The topological polar surface area (TPSA) is 72.2 Å². The van der Waals surface area contributed by atoms with E-state index in [1.54, 1.807) is 0 Å². The fraction of sp³-hybridized carbons (Fsp3) is 0.700. The molecule has 1 N–H and O–H groups in total. The average molecular weight is 278 g/mol. The van der Waals surface area contributed by atoms with Crippen LogP contribution in [0.3, 0.4) is 0 Å². The number of sulfone groups is 1. The fourth-order valence-electron chi connectivity index (χ4n) is 1.10. The third-order valence-electron chi connectivity index (χ3n) is 2.16. The van der Waals surface area contributed by atoms with Crippen LogP contribution >= 0.6 is 11.8 Å². The van der Waals surface area contributed by atoms with Gasteiger partial charge in [0, 0.05) is 25.1 Å². The van der Waals surface area contributed by atoms with Crippen molar-refractivity contribution in [1.82, 2.24) is 10.3 Å². The summed E-state index contributed by atoms with van der Waals surface area (Å²) in [5.41, 5.74) is 0.914. The first-order valence-corrected chi connectivity index (χ1v) is 8.38. The van der Waals surface area contributed by atoms with Crippen molar-refractivity contribution in [2.45, 2.75) is 19.1 Å². The van der Waals surface area contributed by atoms with Gasteiger partial charge >= 0.3 is 0 Å². The molecule has 0 aromatic carbocycles. The zero-order valence-corrected chi connectivity index (χ0v) is 11.9. The van der Waals surface area contributed by atoms with Crippen molar-refractivity contribution in [3.63, 3.8) is 0 Å². The lowest BCUT2D eigenvalue weighted by Crippen LogP contribution is -2.24. The monoisotopic (exact) mass is 278 g/mol. The van der Waals surface area contributed by atoms with E-state index in [1.807, 2.05) is 13.8 Å². The van der Waals surface area contributed by atoms with Gasteiger partial charge in [0.15, 0.2) is 0 Å². The maximum atomic E-state index is 10.9. The van der Waals surface area contributed by atoms with E-state index in [2.05, 4.69) is 10.3 Å². The fourth-order valence-corrected chi connectivity index (χ4v) is 2.42. The van der Waals surface area contributed by atoms with E-state index in [9.17, 15) is 8.42 Å². The molecule has 0 aliphatic carbocycles. The Hall–Kier alpha value is -0.530. The lowest BCUT2D eigenvalue weighted by atomic mass is 10.4. The minimum Gasteiger partial charge on any atom is -0.437 e. The number of aryl methyl sites for hydroxylation is 2. The van der Waals surface area contributed by atoms with Crippen LogP contribution in [-0.2, 0) is 9.84 Å². The second-order valence-electron chi connectivity index (χ2n) is 3.85. The third kappa shape index (κ3) is 6.09. The molecule has 1 aromatic heterocycles. The number of thioether (sulfide) groups is 1. The zero-order valence-electron chi connectivity index (χ0n) is 10.3. The van der Waals surface area contributed by atoms with Crippen LogP contribution in [-0.4, -0.2) is 44.3 Å². The number of oxazole rings is 1. The lowest BCUT2D eigenvalue weighted by Gasteiger charge is -2.01. The number of nitrogens with zero attached hydrogens (tertiary/aromatic N) is 1. The maximum Gasteiger partial charge on any atom is 0.256 e. The molecule has 0 fully saturated rings. The third-order valence-corrected chi connectivity index (χ3v) is 3.94. The van der Waals surface area contributed by atoms with Crippen LogP contribution in [0.4, 0.5) is 0 Å². The summed E-state index contributed by atoms with van der Waals surface area (Å²) in [6, 6.07) is 0. The van der Waals surface area contributed by atoms with Gasteiger partial charge in [-0.25, -0.2) is 13.4 Å². The first kappa shape index (κ1) is 14.5. The molecular weight excluding hydrogens is 260 g/mol. The first-order chi connectivity index (χ1) is 7.88. The molecule has 0 radical (unpaired) electrons. The van der Waals surface area contributed by atoms with Crippen LogP contribution in [0, 0.1) is 13.8 Å². The minimum atomic E-state index is -2.87. The highest BCUT2D eigenvalue weighted by molar-refractivity contribution is 7.99. The minimum absolute atomic E-state index is 0.175. The molecule has 0 bridgehead atoms. The molecule has 0 atom stereocenters. The summed E-state index contributed by atoms with van der Waals surface area (Å²) in [6.07, 6.45) is 1.24. The average Bonchev–Trinajstić information content (AvgIpc) is 2.50. The Labute approximate surface area is 106 Å². The van der Waals surface area contributed by atoms with Crippen molar-refractivity contribution in [1.29, 1.82) is 0 Å². The van der Waals surface area contributed by atoms with Crippen LogP contribution in [0.15, 0.2) is 9.64 Å². The van der Waals surface area contributed by atoms with Crippen LogP contribution in [0.5, 0.6) is 0 Å². The van der Waals surface area contributed by atoms with Gasteiger partial charge in [0.1, 0.15) is 15.6 Å². The molecule has 1 aromatic rings. The molecule has 1 rings (SSSR count). The summed E-state index contributed by atoms with van der Waals surface area (Å²) in [5, 5.41) is 3.74. The van der Waals surface area contributed by atoms with Crippen molar-refractivity contribution in [2.75, 3.05) is 30.9 Å². The molecule has 17 heavy (non-hydrogen) atoms. The van der Waals surface area contributed by atoms with E-state index in [0.717, 1.165) is 23.8 Å². The van der Waals surface area contributed by atoms with Gasteiger partial charge in [0.05, 0.1) is 11.4 Å². The Balaban J connectivity index is 2.12. The Bertz CT molecular complexity index is 435. The summed E-state index contributed by atoms with van der Waals surface area (Å²) < 4.78 is 27.1. The highest BCUT2D eigenvalue weighted by atomic mass is 32.2. The van der Waals surface area contributed by atoms with Gasteiger partial charge in [0.2, 0.25) is 0 Å². The van der Waals surface area contributed by atoms with Crippen molar-refractivity contribution < 1.29 is 12.8 Å². The van der Waals surface area contributed by atoms with Gasteiger partial charge < -0.3 is 9.73 Å². The standard InChI is InChI=1S/C10H18N2O3S2/c1-8-9(2)15-10(12-8)16-6-4-11-5-7-17(3,13)14/h11H,4-7H2,1-3H3. The maximum absolute atomic E-state index is 10.9. The molecule has 0 spiro atoms. The SMILES string of the molecule is Cc1nc(SCCNCCS(C)(=O)=O)oc1C. The first-order valence-electron chi connectivity index (χ1n) is 5.34. The predicted octanol–water partition coefficient (Wildman–Crippen LogP) is 1.02.